The van der Waals surface area contributed by atoms with Crippen molar-refractivity contribution in [3.8, 4) is 0 Å². The summed E-state index contributed by atoms with van der Waals surface area (Å²) >= 11 is 0. The van der Waals surface area contributed by atoms with E-state index in [1.54, 1.807) is 0 Å². The Balaban J connectivity index is 5.62. The molecule has 0 aromatic carbocycles. The molecule has 20 N–H and O–H groups in total. The highest BCUT2D eigenvalue weighted by Crippen LogP contribution is 2.05. The fourth-order valence-electron chi connectivity index (χ4n) is 3.24. The summed E-state index contributed by atoms with van der Waals surface area (Å²) in [5.74, 6) is -3.86. The molecule has 0 bridgehead atoms. The topological polar surface area (TPSA) is 370 Å². The number of rotatable bonds is 20. The number of carboxylic acid groups (broad SMARTS) is 1. The predicted molar refractivity (Wildman–Crippen MR) is 150 cm³/mol. The van der Waals surface area contributed by atoms with Crippen LogP contribution in [-0.4, -0.2) is 97.0 Å². The zero-order chi connectivity index (χ0) is 30.7. The number of carbonyl (C=O) groups is 4. The lowest BCUT2D eigenvalue weighted by Gasteiger charge is -2.25. The van der Waals surface area contributed by atoms with E-state index in [2.05, 4.69) is 30.9 Å². The summed E-state index contributed by atoms with van der Waals surface area (Å²) < 4.78 is 0. The van der Waals surface area contributed by atoms with Crippen LogP contribution in [0.15, 0.2) is 15.0 Å². The van der Waals surface area contributed by atoms with E-state index in [4.69, 9.17) is 45.9 Å². The van der Waals surface area contributed by atoms with Crippen molar-refractivity contribution < 1.29 is 24.3 Å². The number of hydrogen-bond donors (Lipinski definition) is 12. The molecule has 0 spiro atoms. The van der Waals surface area contributed by atoms with Crippen LogP contribution in [0.5, 0.6) is 0 Å². The highest BCUT2D eigenvalue weighted by atomic mass is 16.4. The number of carbonyl (C=O) groups excluding carboxylic acids is 3. The first-order valence-electron chi connectivity index (χ1n) is 12.5. The minimum atomic E-state index is -1.38. The lowest BCUT2D eigenvalue weighted by atomic mass is 10.1. The van der Waals surface area contributed by atoms with Gasteiger partial charge >= 0.3 is 5.97 Å². The summed E-state index contributed by atoms with van der Waals surface area (Å²) in [6, 6.07) is -4.66. The standard InChI is InChI=1S/C21H44N14O5/c22-10-14(18(39)40)35-17(38)13(6-3-9-32-21(28)29)34-16(37)12(5-2-8-31-20(26)27)33-15(36)11(23)4-1-7-30-19(24)25/h11-14H,1-10,22-23H2,(H,33,36)(H,34,37)(H,35,38)(H,39,40)(H4,24,25,30)(H4,26,27,31)(H4,28,29,32)/t11-,12-,13-,14-/m0/s1. The maximum Gasteiger partial charge on any atom is 0.327 e. The molecule has 19 nitrogen and oxygen atoms in total. The van der Waals surface area contributed by atoms with Gasteiger partial charge in [-0.3, -0.25) is 29.4 Å². The summed E-state index contributed by atoms with van der Waals surface area (Å²) in [6.07, 6.45) is 1.35. The van der Waals surface area contributed by atoms with Crippen LogP contribution >= 0.6 is 0 Å². The first kappa shape index (κ1) is 35.6. The Labute approximate surface area is 232 Å². The van der Waals surface area contributed by atoms with Crippen molar-refractivity contribution in [1.29, 1.82) is 0 Å². The molecule has 0 saturated carbocycles. The van der Waals surface area contributed by atoms with Gasteiger partial charge in [-0.15, -0.1) is 0 Å². The predicted octanol–water partition coefficient (Wildman–Crippen LogP) is -6.03. The van der Waals surface area contributed by atoms with Crippen molar-refractivity contribution in [2.24, 2.45) is 60.8 Å². The SMILES string of the molecule is NC[C@H](NC(=O)[C@H](CCCN=C(N)N)NC(=O)[C@H](CCCN=C(N)N)NC(=O)[C@@H](N)CCCN=C(N)N)C(=O)O. The Morgan fingerprint density at radius 2 is 0.950 bits per heavy atom. The second-order valence-electron chi connectivity index (χ2n) is 8.71. The Kier molecular flexibility index (Phi) is 17.5. The van der Waals surface area contributed by atoms with E-state index in [0.29, 0.717) is 12.8 Å². The van der Waals surface area contributed by atoms with Crippen LogP contribution in [0.2, 0.25) is 0 Å². The van der Waals surface area contributed by atoms with Gasteiger partial charge < -0.3 is 66.9 Å². The van der Waals surface area contributed by atoms with Crippen LogP contribution in [0.1, 0.15) is 38.5 Å². The van der Waals surface area contributed by atoms with E-state index >= 15 is 0 Å². The summed E-state index contributed by atoms with van der Waals surface area (Å²) in [4.78, 5) is 61.6. The summed E-state index contributed by atoms with van der Waals surface area (Å²) in [5, 5.41) is 16.6. The fraction of sp³-hybridized carbons (Fsp3) is 0.667. The van der Waals surface area contributed by atoms with Crippen LogP contribution in [-0.2, 0) is 19.2 Å². The third kappa shape index (κ3) is 16.5. The molecule has 0 saturated heterocycles. The fourth-order valence-corrected chi connectivity index (χ4v) is 3.24. The van der Waals surface area contributed by atoms with Crippen molar-refractivity contribution in [1.82, 2.24) is 16.0 Å². The molecule has 0 heterocycles. The highest BCUT2D eigenvalue weighted by Gasteiger charge is 2.29. The van der Waals surface area contributed by atoms with Gasteiger partial charge in [0.15, 0.2) is 17.9 Å². The molecule has 4 atom stereocenters. The van der Waals surface area contributed by atoms with Crippen molar-refractivity contribution in [2.75, 3.05) is 26.2 Å². The van der Waals surface area contributed by atoms with Gasteiger partial charge in [0.2, 0.25) is 17.7 Å². The molecule has 19 heteroatoms. The first-order valence-corrected chi connectivity index (χ1v) is 12.5. The molecule has 228 valence electrons. The van der Waals surface area contributed by atoms with Crippen molar-refractivity contribution in [3.05, 3.63) is 0 Å². The Hall–Kier alpha value is -4.39. The molecule has 0 fully saturated rings. The number of amides is 3. The molecule has 0 aromatic rings. The molecular weight excluding hydrogens is 528 g/mol. The molecule has 0 radical (unpaired) electrons. The maximum absolute atomic E-state index is 13.2. The van der Waals surface area contributed by atoms with E-state index in [1.165, 1.54) is 0 Å². The quantitative estimate of drug-likeness (QED) is 0.0367. The lowest BCUT2D eigenvalue weighted by molar-refractivity contribution is -0.142. The second kappa shape index (κ2) is 19.6. The minimum absolute atomic E-state index is 0.0459. The van der Waals surface area contributed by atoms with Crippen LogP contribution in [0.4, 0.5) is 0 Å². The number of hydrogen-bond acceptors (Lipinski definition) is 9. The van der Waals surface area contributed by atoms with Crippen molar-refractivity contribution in [3.63, 3.8) is 0 Å². The van der Waals surface area contributed by atoms with Crippen LogP contribution in [0.25, 0.3) is 0 Å². The third-order valence-electron chi connectivity index (χ3n) is 5.31. The van der Waals surface area contributed by atoms with Gasteiger partial charge in [0, 0.05) is 26.2 Å². The number of nitrogens with zero attached hydrogens (tertiary/aromatic N) is 3. The molecule has 0 aliphatic rings. The molecule has 0 unspecified atom stereocenters. The molecule has 0 rings (SSSR count). The third-order valence-corrected chi connectivity index (χ3v) is 5.31. The molecule has 0 aliphatic heterocycles. The number of guanidine groups is 3. The molecule has 0 aliphatic carbocycles. The van der Waals surface area contributed by atoms with Crippen LogP contribution in [0, 0.1) is 0 Å². The number of carboxylic acids is 1. The average Bonchev–Trinajstić information content (AvgIpc) is 2.87. The average molecular weight is 573 g/mol. The van der Waals surface area contributed by atoms with E-state index in [9.17, 15) is 24.3 Å². The lowest BCUT2D eigenvalue weighted by Crippen LogP contribution is -2.57. The summed E-state index contributed by atoms with van der Waals surface area (Å²) in [7, 11) is 0. The minimum Gasteiger partial charge on any atom is -0.480 e. The van der Waals surface area contributed by atoms with Crippen molar-refractivity contribution >= 4 is 41.6 Å². The number of aliphatic imine (C=N–C) groups is 3. The molecule has 0 aromatic heterocycles. The van der Waals surface area contributed by atoms with Gasteiger partial charge in [-0.2, -0.15) is 0 Å². The molecule has 3 amide bonds. The van der Waals surface area contributed by atoms with Crippen LogP contribution in [0.3, 0.4) is 0 Å². The summed E-state index contributed by atoms with van der Waals surface area (Å²) in [6.45, 7) is 0.212. The van der Waals surface area contributed by atoms with E-state index in [0.717, 1.165) is 0 Å². The monoisotopic (exact) mass is 572 g/mol. The Bertz CT molecular complexity index is 913. The smallest absolute Gasteiger partial charge is 0.327 e. The van der Waals surface area contributed by atoms with Crippen LogP contribution < -0.4 is 61.8 Å². The molecule has 40 heavy (non-hydrogen) atoms. The summed E-state index contributed by atoms with van der Waals surface area (Å²) in [5.41, 5.74) is 43.2. The van der Waals surface area contributed by atoms with Gasteiger partial charge in [-0.25, -0.2) is 4.79 Å². The zero-order valence-corrected chi connectivity index (χ0v) is 22.4. The van der Waals surface area contributed by atoms with E-state index in [1.807, 2.05) is 0 Å². The van der Waals surface area contributed by atoms with Gasteiger partial charge in [0.25, 0.3) is 0 Å². The second-order valence-corrected chi connectivity index (χ2v) is 8.71. The maximum atomic E-state index is 13.2. The van der Waals surface area contributed by atoms with Gasteiger partial charge in [0.1, 0.15) is 18.1 Å². The Morgan fingerprint density at radius 1 is 0.600 bits per heavy atom. The normalized spacial score (nSPS) is 13.4. The number of nitrogens with one attached hydrogen (secondary N) is 3. The number of nitrogens with two attached hydrogens (primary N) is 8. The van der Waals surface area contributed by atoms with Gasteiger partial charge in [0.05, 0.1) is 6.04 Å². The van der Waals surface area contributed by atoms with Gasteiger partial charge in [-0.05, 0) is 38.5 Å². The largest absolute Gasteiger partial charge is 0.480 e. The van der Waals surface area contributed by atoms with E-state index < -0.39 is 47.9 Å². The highest BCUT2D eigenvalue weighted by molar-refractivity contribution is 5.94. The van der Waals surface area contributed by atoms with E-state index in [-0.39, 0.29) is 69.7 Å². The molecular formula is C21H44N14O5. The van der Waals surface area contributed by atoms with Crippen molar-refractivity contribution in [2.45, 2.75) is 62.7 Å². The number of aliphatic carboxylic acids is 1. The van der Waals surface area contributed by atoms with Gasteiger partial charge in [-0.1, -0.05) is 0 Å². The Morgan fingerprint density at radius 3 is 1.30 bits per heavy atom. The first-order chi connectivity index (χ1) is 18.8. The zero-order valence-electron chi connectivity index (χ0n) is 22.4.